The summed E-state index contributed by atoms with van der Waals surface area (Å²) in [6.07, 6.45) is -0.460. The minimum absolute atomic E-state index is 0.106. The number of nitrogens with one attached hydrogen (secondary N) is 1. The summed E-state index contributed by atoms with van der Waals surface area (Å²) in [7, 11) is -0.885. The first-order valence-electron chi connectivity index (χ1n) is 13.8. The van der Waals surface area contributed by atoms with Gasteiger partial charge in [0.1, 0.15) is 17.5 Å². The molecule has 9 nitrogen and oxygen atoms in total. The highest BCUT2D eigenvalue weighted by Gasteiger charge is 2.44. The first-order chi connectivity index (χ1) is 20.8. The monoisotopic (exact) mass is 618 g/mol. The van der Waals surface area contributed by atoms with Crippen LogP contribution >= 0.6 is 11.8 Å². The Kier molecular flexibility index (Phi) is 8.04. The molecule has 3 atom stereocenters. The number of carbonyl (C=O) groups excluding carboxylic acids is 2. The maximum Gasteiger partial charge on any atom is 0.325 e. The number of methoxy groups -OCH3 is 2. The van der Waals surface area contributed by atoms with E-state index in [1.165, 1.54) is 16.1 Å². The molecule has 1 saturated heterocycles. The molecule has 0 aliphatic carbocycles. The summed E-state index contributed by atoms with van der Waals surface area (Å²) in [5.41, 5.74) is 1.30. The van der Waals surface area contributed by atoms with E-state index in [1.54, 1.807) is 56.7 Å². The second-order valence-electron chi connectivity index (χ2n) is 10.3. The van der Waals surface area contributed by atoms with Crippen LogP contribution in [0, 0.1) is 0 Å². The predicted octanol–water partition coefficient (Wildman–Crippen LogP) is 5.41. The molecule has 43 heavy (non-hydrogen) atoms. The quantitative estimate of drug-likeness (QED) is 0.274. The molecule has 4 aromatic carbocycles. The summed E-state index contributed by atoms with van der Waals surface area (Å²) >= 11 is 1.36. The third-order valence-corrected chi connectivity index (χ3v) is 11.0. The third kappa shape index (κ3) is 5.67. The fourth-order valence-corrected chi connectivity index (χ4v) is 8.43. The van der Waals surface area contributed by atoms with E-state index in [9.17, 15) is 18.0 Å². The number of esters is 1. The summed E-state index contributed by atoms with van der Waals surface area (Å²) in [5.74, 6) is -0.00923. The lowest BCUT2D eigenvalue weighted by Gasteiger charge is -2.27. The number of carbonyl (C=O) groups is 2. The van der Waals surface area contributed by atoms with Gasteiger partial charge >= 0.3 is 5.97 Å². The van der Waals surface area contributed by atoms with E-state index in [0.29, 0.717) is 23.6 Å². The van der Waals surface area contributed by atoms with Crippen LogP contribution in [0.3, 0.4) is 0 Å². The van der Waals surface area contributed by atoms with Gasteiger partial charge in [-0.1, -0.05) is 42.5 Å². The second-order valence-corrected chi connectivity index (χ2v) is 13.4. The van der Waals surface area contributed by atoms with Crippen molar-refractivity contribution in [2.24, 2.45) is 0 Å². The van der Waals surface area contributed by atoms with Gasteiger partial charge in [0.2, 0.25) is 10.0 Å². The van der Waals surface area contributed by atoms with E-state index in [2.05, 4.69) is 5.32 Å². The minimum Gasteiger partial charge on any atom is -0.497 e. The number of hydrogen-bond acceptors (Lipinski definition) is 8. The van der Waals surface area contributed by atoms with Crippen LogP contribution in [0.25, 0.3) is 10.8 Å². The van der Waals surface area contributed by atoms with Gasteiger partial charge in [0.25, 0.3) is 5.91 Å². The van der Waals surface area contributed by atoms with Crippen molar-refractivity contribution in [3.05, 3.63) is 90.5 Å². The van der Waals surface area contributed by atoms with Gasteiger partial charge < -0.3 is 19.5 Å². The summed E-state index contributed by atoms with van der Waals surface area (Å²) < 4.78 is 45.4. The fourth-order valence-electron chi connectivity index (χ4n) is 5.45. The molecule has 2 heterocycles. The maximum absolute atomic E-state index is 13.8. The van der Waals surface area contributed by atoms with Crippen LogP contribution in [0.15, 0.2) is 94.7 Å². The van der Waals surface area contributed by atoms with E-state index in [1.807, 2.05) is 42.5 Å². The number of hydrogen-bond donors (Lipinski definition) is 1. The molecule has 222 valence electrons. The van der Waals surface area contributed by atoms with E-state index in [0.717, 1.165) is 21.2 Å². The number of benzene rings is 4. The number of anilines is 1. The van der Waals surface area contributed by atoms with Crippen molar-refractivity contribution >= 4 is 50.1 Å². The molecule has 0 bridgehead atoms. The van der Waals surface area contributed by atoms with Crippen LogP contribution in [-0.4, -0.2) is 57.5 Å². The van der Waals surface area contributed by atoms with Crippen LogP contribution in [0.5, 0.6) is 11.5 Å². The van der Waals surface area contributed by atoms with Crippen LogP contribution in [0.4, 0.5) is 5.69 Å². The van der Waals surface area contributed by atoms with Gasteiger partial charge in [-0.15, -0.1) is 11.8 Å². The Bertz CT molecular complexity index is 1790. The molecular weight excluding hydrogens is 588 g/mol. The molecule has 0 spiro atoms. The molecular formula is C32H30N2O7S2. The molecule has 1 fully saturated rings. The lowest BCUT2D eigenvalue weighted by atomic mass is 10.1. The van der Waals surface area contributed by atoms with Gasteiger partial charge in [-0.05, 0) is 71.6 Å². The van der Waals surface area contributed by atoms with Crippen LogP contribution in [0.2, 0.25) is 0 Å². The van der Waals surface area contributed by atoms with E-state index in [-0.39, 0.29) is 17.9 Å². The molecule has 0 radical (unpaired) electrons. The topological polar surface area (TPSA) is 111 Å². The number of nitrogens with zero attached hydrogens (tertiary/aromatic N) is 1. The Labute approximate surface area is 254 Å². The molecule has 0 saturated carbocycles. The highest BCUT2D eigenvalue weighted by molar-refractivity contribution is 7.99. The molecule has 4 aromatic rings. The van der Waals surface area contributed by atoms with Crippen molar-refractivity contribution in [1.29, 1.82) is 0 Å². The Balaban J connectivity index is 1.31. The third-order valence-electron chi connectivity index (χ3n) is 7.72. The Morgan fingerprint density at radius 2 is 1.63 bits per heavy atom. The Morgan fingerprint density at radius 3 is 2.37 bits per heavy atom. The molecule has 6 rings (SSSR count). The van der Waals surface area contributed by atoms with E-state index in [4.69, 9.17) is 14.2 Å². The summed E-state index contributed by atoms with van der Waals surface area (Å²) in [6, 6.07) is 23.8. The average Bonchev–Trinajstić information content (AvgIpc) is 3.50. The average molecular weight is 619 g/mol. The molecule has 2 aliphatic rings. The smallest absolute Gasteiger partial charge is 0.325 e. The number of rotatable bonds is 7. The fraction of sp³-hybridized carbons (Fsp3) is 0.250. The van der Waals surface area contributed by atoms with Crippen molar-refractivity contribution in [2.75, 3.05) is 26.1 Å². The van der Waals surface area contributed by atoms with Gasteiger partial charge in [-0.2, -0.15) is 4.31 Å². The van der Waals surface area contributed by atoms with Crippen molar-refractivity contribution in [3.8, 4) is 11.5 Å². The van der Waals surface area contributed by atoms with Gasteiger partial charge in [-0.25, -0.2) is 8.42 Å². The van der Waals surface area contributed by atoms with Crippen LogP contribution in [0.1, 0.15) is 23.7 Å². The highest BCUT2D eigenvalue weighted by atomic mass is 32.2. The largest absolute Gasteiger partial charge is 0.497 e. The minimum atomic E-state index is -4.01. The lowest BCUT2D eigenvalue weighted by molar-refractivity contribution is -0.157. The van der Waals surface area contributed by atoms with Crippen molar-refractivity contribution in [1.82, 2.24) is 4.31 Å². The van der Waals surface area contributed by atoms with Crippen molar-refractivity contribution in [2.45, 2.75) is 40.0 Å². The summed E-state index contributed by atoms with van der Waals surface area (Å²) in [6.45, 7) is 0.174. The van der Waals surface area contributed by atoms with Crippen LogP contribution < -0.4 is 14.8 Å². The highest BCUT2D eigenvalue weighted by Crippen LogP contribution is 2.46. The molecule has 1 N–H and O–H groups in total. The van der Waals surface area contributed by atoms with Gasteiger partial charge in [-0.3, -0.25) is 9.59 Å². The number of ether oxygens (including phenoxy) is 3. The van der Waals surface area contributed by atoms with Crippen molar-refractivity contribution in [3.63, 3.8) is 0 Å². The molecule has 0 aromatic heterocycles. The number of fused-ring (bicyclic) bond motifs is 2. The van der Waals surface area contributed by atoms with Crippen molar-refractivity contribution < 1.29 is 32.2 Å². The zero-order valence-corrected chi connectivity index (χ0v) is 25.2. The zero-order valence-electron chi connectivity index (χ0n) is 23.6. The number of sulfonamides is 1. The first-order valence-corrected chi connectivity index (χ1v) is 16.1. The molecule has 0 unspecified atom stereocenters. The Morgan fingerprint density at radius 1 is 0.907 bits per heavy atom. The lowest BCUT2D eigenvalue weighted by Crippen LogP contribution is -2.45. The Hall–Kier alpha value is -4.06. The van der Waals surface area contributed by atoms with Gasteiger partial charge in [0, 0.05) is 11.4 Å². The SMILES string of the molecule is COc1ccc([C@H]2Sc3cc(OC)ccc3NC(=O)[C@H]2OC(=O)[C@@H]2CCCN2S(=O)(=O)c2ccc3ccccc3c2)cc1. The number of thioether (sulfide) groups is 1. The maximum atomic E-state index is 13.8. The second kappa shape index (κ2) is 11.9. The standard InChI is InChI=1S/C32H30N2O7S2/c1-39-23-12-9-21(10-13-23)30-29(31(35)33-26-16-14-24(40-2)19-28(26)42-30)41-32(36)27-8-5-17-34(27)43(37,38)25-15-11-20-6-3-4-7-22(20)18-25/h3-4,6-7,9-16,18-19,27,29-30H,5,8,17H2,1-2H3,(H,33,35)/t27-,29-,30+/m0/s1. The number of amides is 1. The van der Waals surface area contributed by atoms with Gasteiger partial charge in [0.15, 0.2) is 6.10 Å². The predicted molar refractivity (Wildman–Crippen MR) is 164 cm³/mol. The van der Waals surface area contributed by atoms with E-state index < -0.39 is 39.3 Å². The van der Waals surface area contributed by atoms with Crippen LogP contribution in [-0.2, 0) is 24.3 Å². The zero-order chi connectivity index (χ0) is 30.1. The molecule has 11 heteroatoms. The first kappa shape index (κ1) is 29.0. The van der Waals surface area contributed by atoms with Gasteiger partial charge in [0.05, 0.1) is 30.1 Å². The summed E-state index contributed by atoms with van der Waals surface area (Å²) in [4.78, 5) is 28.2. The molecule has 2 aliphatic heterocycles. The summed E-state index contributed by atoms with van der Waals surface area (Å²) in [5, 5.41) is 3.95. The van der Waals surface area contributed by atoms with E-state index >= 15 is 0 Å². The normalized spacial score (nSPS) is 20.6. The molecule has 1 amide bonds.